The number of hydrogen-bond acceptors (Lipinski definition) is 2. The summed E-state index contributed by atoms with van der Waals surface area (Å²) in [7, 11) is 0. The van der Waals surface area contributed by atoms with Gasteiger partial charge in [0.25, 0.3) is 0 Å². The maximum absolute atomic E-state index is 4.10. The van der Waals surface area contributed by atoms with Crippen molar-refractivity contribution in [1.82, 2.24) is 10.3 Å². The summed E-state index contributed by atoms with van der Waals surface area (Å²) in [5.41, 5.74) is 1.66. The van der Waals surface area contributed by atoms with Crippen molar-refractivity contribution < 1.29 is 0 Å². The highest BCUT2D eigenvalue weighted by Gasteiger charge is 2.28. The average Bonchev–Trinajstić information content (AvgIpc) is 2.32. The van der Waals surface area contributed by atoms with Crippen molar-refractivity contribution in [2.45, 2.75) is 52.0 Å². The van der Waals surface area contributed by atoms with E-state index in [1.807, 2.05) is 12.4 Å². The summed E-state index contributed by atoms with van der Waals surface area (Å²) >= 11 is 0. The molecule has 0 aliphatic heterocycles. The second-order valence-corrected chi connectivity index (χ2v) is 4.76. The van der Waals surface area contributed by atoms with Crippen LogP contribution in [0.2, 0.25) is 0 Å². The molecule has 0 fully saturated rings. The quantitative estimate of drug-likeness (QED) is 0.796. The number of nitrogens with one attached hydrogen (secondary N) is 1. The van der Waals surface area contributed by atoms with E-state index in [2.05, 4.69) is 50.1 Å². The van der Waals surface area contributed by atoms with Crippen molar-refractivity contribution >= 4 is 0 Å². The van der Waals surface area contributed by atoms with Gasteiger partial charge in [-0.3, -0.25) is 4.98 Å². The molecule has 1 rings (SSSR count). The van der Waals surface area contributed by atoms with E-state index in [-0.39, 0.29) is 5.41 Å². The molecule has 0 amide bonds. The van der Waals surface area contributed by atoms with Crippen LogP contribution < -0.4 is 5.32 Å². The van der Waals surface area contributed by atoms with Gasteiger partial charge in [0, 0.05) is 30.4 Å². The lowest BCUT2D eigenvalue weighted by molar-refractivity contribution is 0.354. The molecule has 1 heterocycles. The maximum Gasteiger partial charge on any atom is 0.0270 e. The van der Waals surface area contributed by atoms with Crippen LogP contribution in [-0.4, -0.2) is 17.6 Å². The van der Waals surface area contributed by atoms with Crippen molar-refractivity contribution in [2.75, 3.05) is 6.54 Å². The zero-order chi connectivity index (χ0) is 12.0. The van der Waals surface area contributed by atoms with Crippen LogP contribution in [0.4, 0.5) is 0 Å². The molecule has 1 aromatic heterocycles. The smallest absolute Gasteiger partial charge is 0.0270 e. The summed E-state index contributed by atoms with van der Waals surface area (Å²) in [5.74, 6) is 0. The van der Waals surface area contributed by atoms with E-state index in [4.69, 9.17) is 0 Å². The Morgan fingerprint density at radius 1 is 1.19 bits per heavy atom. The molecular formula is C14H24N2. The molecule has 1 aromatic rings. The largest absolute Gasteiger partial charge is 0.314 e. The molecule has 0 atom stereocenters. The molecule has 16 heavy (non-hydrogen) atoms. The van der Waals surface area contributed by atoms with Crippen molar-refractivity contribution in [3.8, 4) is 0 Å². The van der Waals surface area contributed by atoms with Gasteiger partial charge in [0.15, 0.2) is 0 Å². The third-order valence-electron chi connectivity index (χ3n) is 3.49. The van der Waals surface area contributed by atoms with Crippen molar-refractivity contribution in [1.29, 1.82) is 0 Å². The molecule has 0 bridgehead atoms. The predicted octanol–water partition coefficient (Wildman–Crippen LogP) is 3.14. The second-order valence-electron chi connectivity index (χ2n) is 4.76. The summed E-state index contributed by atoms with van der Waals surface area (Å²) in [4.78, 5) is 4.10. The minimum Gasteiger partial charge on any atom is -0.314 e. The Morgan fingerprint density at radius 3 is 2.19 bits per heavy atom. The fourth-order valence-electron chi connectivity index (χ4n) is 2.12. The monoisotopic (exact) mass is 220 g/mol. The minimum absolute atomic E-state index is 0.257. The van der Waals surface area contributed by atoms with Gasteiger partial charge in [0.05, 0.1) is 0 Å². The molecule has 1 N–H and O–H groups in total. The molecule has 0 saturated carbocycles. The van der Waals surface area contributed by atoms with Crippen LogP contribution in [0.1, 0.15) is 46.1 Å². The average molecular weight is 220 g/mol. The molecule has 0 radical (unpaired) electrons. The highest BCUT2D eigenvalue weighted by Crippen LogP contribution is 2.30. The summed E-state index contributed by atoms with van der Waals surface area (Å²) in [6, 6.07) is 4.84. The number of aromatic nitrogens is 1. The van der Waals surface area contributed by atoms with Crippen LogP contribution in [0.15, 0.2) is 24.5 Å². The maximum atomic E-state index is 4.10. The van der Waals surface area contributed by atoms with Gasteiger partial charge in [-0.15, -0.1) is 0 Å². The Balaban J connectivity index is 2.87. The van der Waals surface area contributed by atoms with Gasteiger partial charge < -0.3 is 5.32 Å². The van der Waals surface area contributed by atoms with E-state index >= 15 is 0 Å². The molecule has 2 nitrogen and oxygen atoms in total. The lowest BCUT2D eigenvalue weighted by Gasteiger charge is -2.33. The number of nitrogens with zero attached hydrogens (tertiary/aromatic N) is 1. The van der Waals surface area contributed by atoms with E-state index in [0.717, 1.165) is 19.4 Å². The van der Waals surface area contributed by atoms with Crippen LogP contribution >= 0.6 is 0 Å². The number of pyridine rings is 1. The Hall–Kier alpha value is -0.890. The van der Waals surface area contributed by atoms with E-state index in [1.54, 1.807) is 0 Å². The zero-order valence-electron chi connectivity index (χ0n) is 11.0. The van der Waals surface area contributed by atoms with Crippen LogP contribution in [0, 0.1) is 0 Å². The number of rotatable bonds is 6. The number of hydrogen-bond donors (Lipinski definition) is 1. The summed E-state index contributed by atoms with van der Waals surface area (Å²) in [6.45, 7) is 9.98. The lowest BCUT2D eigenvalue weighted by Crippen LogP contribution is -2.40. The van der Waals surface area contributed by atoms with Gasteiger partial charge >= 0.3 is 0 Å². The highest BCUT2D eigenvalue weighted by molar-refractivity contribution is 5.23. The topological polar surface area (TPSA) is 24.9 Å². The molecule has 0 aliphatic rings. The molecule has 0 saturated heterocycles. The highest BCUT2D eigenvalue weighted by atomic mass is 14.9. The van der Waals surface area contributed by atoms with Gasteiger partial charge in [0.1, 0.15) is 0 Å². The van der Waals surface area contributed by atoms with E-state index < -0.39 is 0 Å². The molecule has 0 aliphatic carbocycles. The van der Waals surface area contributed by atoms with E-state index in [1.165, 1.54) is 5.56 Å². The third-order valence-corrected chi connectivity index (χ3v) is 3.49. The van der Waals surface area contributed by atoms with E-state index in [0.29, 0.717) is 6.04 Å². The first-order valence-corrected chi connectivity index (χ1v) is 6.28. The summed E-state index contributed by atoms with van der Waals surface area (Å²) < 4.78 is 0. The predicted molar refractivity (Wildman–Crippen MR) is 69.6 cm³/mol. The molecule has 0 aromatic carbocycles. The van der Waals surface area contributed by atoms with Crippen LogP contribution in [0.3, 0.4) is 0 Å². The second kappa shape index (κ2) is 6.00. The van der Waals surface area contributed by atoms with Crippen LogP contribution in [-0.2, 0) is 5.41 Å². The summed E-state index contributed by atoms with van der Waals surface area (Å²) in [6.07, 6.45) is 6.11. The van der Waals surface area contributed by atoms with Crippen molar-refractivity contribution in [2.24, 2.45) is 0 Å². The van der Waals surface area contributed by atoms with Crippen molar-refractivity contribution in [3.63, 3.8) is 0 Å². The molecule has 90 valence electrons. The van der Waals surface area contributed by atoms with Gasteiger partial charge in [-0.2, -0.15) is 0 Å². The molecule has 0 spiro atoms. The Labute approximate surface area is 99.5 Å². The standard InChI is InChI=1S/C14H24N2/c1-5-14(6-2,11-16-12(3)4)13-7-9-15-10-8-13/h7-10,12,16H,5-6,11H2,1-4H3. The first-order chi connectivity index (χ1) is 7.64. The fourth-order valence-corrected chi connectivity index (χ4v) is 2.12. The van der Waals surface area contributed by atoms with Gasteiger partial charge in [-0.1, -0.05) is 27.7 Å². The van der Waals surface area contributed by atoms with Crippen molar-refractivity contribution in [3.05, 3.63) is 30.1 Å². The first-order valence-electron chi connectivity index (χ1n) is 6.28. The Kier molecular flexibility index (Phi) is 4.94. The molecule has 2 heteroatoms. The van der Waals surface area contributed by atoms with E-state index in [9.17, 15) is 0 Å². The van der Waals surface area contributed by atoms with Gasteiger partial charge in [0.2, 0.25) is 0 Å². The minimum atomic E-state index is 0.257. The van der Waals surface area contributed by atoms with Crippen LogP contribution in [0.25, 0.3) is 0 Å². The Bertz CT molecular complexity index is 289. The normalized spacial score (nSPS) is 12.1. The first kappa shape index (κ1) is 13.2. The molecule has 0 unspecified atom stereocenters. The summed E-state index contributed by atoms with van der Waals surface area (Å²) in [5, 5.41) is 3.57. The fraction of sp³-hybridized carbons (Fsp3) is 0.643. The SMILES string of the molecule is CCC(CC)(CNC(C)C)c1ccncc1. The third kappa shape index (κ3) is 3.05. The zero-order valence-corrected chi connectivity index (χ0v) is 11.0. The van der Waals surface area contributed by atoms with Crippen LogP contribution in [0.5, 0.6) is 0 Å². The van der Waals surface area contributed by atoms with Gasteiger partial charge in [-0.25, -0.2) is 0 Å². The lowest BCUT2D eigenvalue weighted by atomic mass is 9.76. The Morgan fingerprint density at radius 2 is 1.75 bits per heavy atom. The molecular weight excluding hydrogens is 196 g/mol. The van der Waals surface area contributed by atoms with Gasteiger partial charge in [-0.05, 0) is 30.5 Å².